The van der Waals surface area contributed by atoms with Crippen LogP contribution < -0.4 is 10.6 Å². The van der Waals surface area contributed by atoms with Crippen molar-refractivity contribution in [3.05, 3.63) is 65.4 Å². The van der Waals surface area contributed by atoms with Crippen molar-refractivity contribution in [3.8, 4) is 0 Å². The number of benzene rings is 2. The van der Waals surface area contributed by atoms with Gasteiger partial charge in [-0.1, -0.05) is 30.3 Å². The first kappa shape index (κ1) is 12.9. The maximum Gasteiger partial charge on any atom is 0.297 e. The van der Waals surface area contributed by atoms with E-state index in [2.05, 4.69) is 46.8 Å². The standard InChI is InChI=1S/C19H17N3O/c1-11-10-13-12-6-2-4-8-15(12)20-17(13)19(22-11)14-7-3-5-9-16(14)21-18(19)23/h2-9,11,20,22H,10H2,1H3,(H,21,23)/p+1/t11-,19+/m0/s1. The monoisotopic (exact) mass is 304 g/mol. The molecule has 2 atom stereocenters. The Morgan fingerprint density at radius 2 is 1.91 bits per heavy atom. The number of anilines is 1. The molecule has 3 heterocycles. The van der Waals surface area contributed by atoms with Gasteiger partial charge in [-0.15, -0.1) is 0 Å². The first-order chi connectivity index (χ1) is 11.2. The summed E-state index contributed by atoms with van der Waals surface area (Å²) in [6.07, 6.45) is 0.969. The predicted octanol–water partition coefficient (Wildman–Crippen LogP) is 1.87. The third-order valence-electron chi connectivity index (χ3n) is 5.23. The zero-order valence-electron chi connectivity index (χ0n) is 12.9. The summed E-state index contributed by atoms with van der Waals surface area (Å²) in [7, 11) is 0. The molecule has 0 fully saturated rings. The summed E-state index contributed by atoms with van der Waals surface area (Å²) in [6.45, 7) is 2.20. The van der Waals surface area contributed by atoms with Crippen LogP contribution in [0.2, 0.25) is 0 Å². The Morgan fingerprint density at radius 3 is 2.83 bits per heavy atom. The highest BCUT2D eigenvalue weighted by molar-refractivity contribution is 6.08. The molecule has 114 valence electrons. The average molecular weight is 304 g/mol. The van der Waals surface area contributed by atoms with E-state index in [4.69, 9.17) is 0 Å². The molecule has 0 saturated carbocycles. The lowest BCUT2D eigenvalue weighted by atomic mass is 9.80. The van der Waals surface area contributed by atoms with Crippen LogP contribution in [0.3, 0.4) is 0 Å². The Labute approximate surface area is 133 Å². The van der Waals surface area contributed by atoms with E-state index in [1.165, 1.54) is 10.9 Å². The minimum Gasteiger partial charge on any atom is -0.352 e. The maximum absolute atomic E-state index is 13.0. The van der Waals surface area contributed by atoms with Crippen LogP contribution in [0.15, 0.2) is 48.5 Å². The number of carbonyl (C=O) groups is 1. The lowest BCUT2D eigenvalue weighted by Gasteiger charge is -2.33. The van der Waals surface area contributed by atoms with Gasteiger partial charge in [-0.25, -0.2) is 0 Å². The fraction of sp³-hybridized carbons (Fsp3) is 0.211. The Bertz CT molecular complexity index is 958. The van der Waals surface area contributed by atoms with E-state index >= 15 is 0 Å². The average Bonchev–Trinajstić information content (AvgIpc) is 3.05. The molecular weight excluding hydrogens is 286 g/mol. The second kappa shape index (κ2) is 4.24. The van der Waals surface area contributed by atoms with Gasteiger partial charge in [0.15, 0.2) is 0 Å². The van der Waals surface area contributed by atoms with Gasteiger partial charge in [-0.05, 0) is 30.7 Å². The van der Waals surface area contributed by atoms with E-state index in [1.807, 2.05) is 24.3 Å². The summed E-state index contributed by atoms with van der Waals surface area (Å²) in [5.74, 6) is 0.0538. The predicted molar refractivity (Wildman–Crippen MR) is 89.2 cm³/mol. The van der Waals surface area contributed by atoms with Gasteiger partial charge in [0.05, 0.1) is 23.0 Å². The zero-order chi connectivity index (χ0) is 15.6. The summed E-state index contributed by atoms with van der Waals surface area (Å²) in [5.41, 5.74) is 4.72. The number of aromatic amines is 1. The molecular formula is C19H18N3O+. The molecule has 1 aromatic heterocycles. The molecule has 5 rings (SSSR count). The summed E-state index contributed by atoms with van der Waals surface area (Å²) in [4.78, 5) is 16.6. The Morgan fingerprint density at radius 1 is 1.13 bits per heavy atom. The number of carbonyl (C=O) groups excluding carboxylic acids is 1. The third-order valence-corrected chi connectivity index (χ3v) is 5.23. The molecule has 2 aliphatic heterocycles. The van der Waals surface area contributed by atoms with Crippen LogP contribution in [-0.4, -0.2) is 16.9 Å². The largest absolute Gasteiger partial charge is 0.352 e. The van der Waals surface area contributed by atoms with Crippen LogP contribution in [0.1, 0.15) is 23.7 Å². The molecule has 2 aromatic carbocycles. The van der Waals surface area contributed by atoms with Gasteiger partial charge in [0, 0.05) is 17.3 Å². The Balaban J connectivity index is 1.88. The molecule has 2 aliphatic rings. The topological polar surface area (TPSA) is 61.5 Å². The molecule has 0 aliphatic carbocycles. The van der Waals surface area contributed by atoms with Crippen molar-refractivity contribution >= 4 is 22.5 Å². The van der Waals surface area contributed by atoms with E-state index in [0.29, 0.717) is 6.04 Å². The molecule has 3 aromatic rings. The number of aromatic nitrogens is 1. The quantitative estimate of drug-likeness (QED) is 0.583. The van der Waals surface area contributed by atoms with Crippen molar-refractivity contribution in [2.45, 2.75) is 24.9 Å². The van der Waals surface area contributed by atoms with Gasteiger partial charge < -0.3 is 15.6 Å². The first-order valence-corrected chi connectivity index (χ1v) is 8.07. The molecule has 1 amide bonds. The zero-order valence-corrected chi connectivity index (χ0v) is 12.9. The van der Waals surface area contributed by atoms with E-state index in [-0.39, 0.29) is 5.91 Å². The number of hydrogen-bond donors (Lipinski definition) is 3. The van der Waals surface area contributed by atoms with Crippen molar-refractivity contribution in [2.24, 2.45) is 0 Å². The Hall–Kier alpha value is -2.59. The summed E-state index contributed by atoms with van der Waals surface area (Å²) >= 11 is 0. The van der Waals surface area contributed by atoms with E-state index in [0.717, 1.165) is 28.9 Å². The van der Waals surface area contributed by atoms with Gasteiger partial charge in [-0.3, -0.25) is 4.79 Å². The van der Waals surface area contributed by atoms with Crippen molar-refractivity contribution in [1.82, 2.24) is 4.98 Å². The second-order valence-corrected chi connectivity index (χ2v) is 6.68. The highest BCUT2D eigenvalue weighted by Crippen LogP contribution is 2.42. The molecule has 1 spiro atoms. The number of hydrogen-bond acceptors (Lipinski definition) is 1. The van der Waals surface area contributed by atoms with Crippen LogP contribution in [0.5, 0.6) is 0 Å². The number of nitrogens with two attached hydrogens (primary N) is 1. The molecule has 0 saturated heterocycles. The highest BCUT2D eigenvalue weighted by atomic mass is 16.2. The summed E-state index contributed by atoms with van der Waals surface area (Å²) in [6, 6.07) is 16.7. The molecule has 0 bridgehead atoms. The van der Waals surface area contributed by atoms with Gasteiger partial charge in [-0.2, -0.15) is 0 Å². The van der Waals surface area contributed by atoms with Crippen molar-refractivity contribution in [2.75, 3.05) is 5.32 Å². The normalized spacial score (nSPS) is 25.4. The van der Waals surface area contributed by atoms with E-state index in [9.17, 15) is 4.79 Å². The molecule has 23 heavy (non-hydrogen) atoms. The lowest BCUT2D eigenvalue weighted by Crippen LogP contribution is -3.02. The minimum absolute atomic E-state index is 0.0538. The van der Waals surface area contributed by atoms with Crippen molar-refractivity contribution in [1.29, 1.82) is 0 Å². The second-order valence-electron chi connectivity index (χ2n) is 6.68. The number of rotatable bonds is 0. The van der Waals surface area contributed by atoms with Gasteiger partial charge in [0.25, 0.3) is 5.91 Å². The van der Waals surface area contributed by atoms with E-state index < -0.39 is 5.54 Å². The van der Waals surface area contributed by atoms with Crippen LogP contribution >= 0.6 is 0 Å². The van der Waals surface area contributed by atoms with Crippen molar-refractivity contribution in [3.63, 3.8) is 0 Å². The number of fused-ring (bicyclic) bond motifs is 6. The van der Waals surface area contributed by atoms with Gasteiger partial charge >= 0.3 is 0 Å². The summed E-state index contributed by atoms with van der Waals surface area (Å²) < 4.78 is 0. The van der Waals surface area contributed by atoms with Crippen LogP contribution in [0.4, 0.5) is 5.69 Å². The van der Waals surface area contributed by atoms with Crippen molar-refractivity contribution < 1.29 is 10.1 Å². The number of para-hydroxylation sites is 2. The third kappa shape index (κ3) is 1.51. The fourth-order valence-corrected chi connectivity index (χ4v) is 4.33. The Kier molecular flexibility index (Phi) is 2.38. The molecule has 0 radical (unpaired) electrons. The number of amides is 1. The highest BCUT2D eigenvalue weighted by Gasteiger charge is 2.57. The van der Waals surface area contributed by atoms with Crippen LogP contribution in [0, 0.1) is 0 Å². The van der Waals surface area contributed by atoms with Gasteiger partial charge in [0.2, 0.25) is 5.54 Å². The smallest absolute Gasteiger partial charge is 0.297 e. The lowest BCUT2D eigenvalue weighted by molar-refractivity contribution is -0.742. The number of nitrogens with one attached hydrogen (secondary N) is 2. The van der Waals surface area contributed by atoms with Crippen LogP contribution in [-0.2, 0) is 16.8 Å². The fourth-order valence-electron chi connectivity index (χ4n) is 4.33. The maximum atomic E-state index is 13.0. The first-order valence-electron chi connectivity index (χ1n) is 8.07. The van der Waals surface area contributed by atoms with Gasteiger partial charge in [0.1, 0.15) is 0 Å². The summed E-state index contributed by atoms with van der Waals surface area (Å²) in [5, 5.41) is 6.52. The van der Waals surface area contributed by atoms with Crippen LogP contribution in [0.25, 0.3) is 10.9 Å². The number of quaternary nitrogens is 1. The SMILES string of the molecule is C[C@H]1Cc2c([nH]c3ccccc23)[C@@]2([NH2+]1)C(=O)Nc1ccccc12. The molecule has 4 N–H and O–H groups in total. The number of H-pyrrole nitrogens is 1. The minimum atomic E-state index is -0.692. The molecule has 4 heteroatoms. The van der Waals surface area contributed by atoms with E-state index in [1.54, 1.807) is 0 Å². The molecule has 4 nitrogen and oxygen atoms in total. The molecule has 0 unspecified atom stereocenters.